The molecule has 136 valence electrons. The summed E-state index contributed by atoms with van der Waals surface area (Å²) in [6.45, 7) is 10.1. The normalized spacial score (nSPS) is 11.4. The number of nitrogens with zero attached hydrogens (tertiary/aromatic N) is 2. The fourth-order valence-electron chi connectivity index (χ4n) is 2.62. The summed E-state index contributed by atoms with van der Waals surface area (Å²) >= 11 is 0. The van der Waals surface area contributed by atoms with E-state index < -0.39 is 10.0 Å². The van der Waals surface area contributed by atoms with Gasteiger partial charge in [0.1, 0.15) is 5.82 Å². The predicted molar refractivity (Wildman–Crippen MR) is 104 cm³/mol. The first-order chi connectivity index (χ1) is 11.9. The van der Waals surface area contributed by atoms with Crippen LogP contribution >= 0.6 is 0 Å². The van der Waals surface area contributed by atoms with E-state index in [1.165, 1.54) is 0 Å². The minimum Gasteiger partial charge on any atom is -0.370 e. The van der Waals surface area contributed by atoms with Gasteiger partial charge in [-0.25, -0.2) is 13.4 Å². The number of hydrogen-bond donors (Lipinski definition) is 1. The van der Waals surface area contributed by atoms with Gasteiger partial charge in [-0.3, -0.25) is 4.72 Å². The molecule has 0 spiro atoms. The standard InChI is InChI=1S/C19H27N3O2S/c1-5-11-22(12-6-2)17-8-10-19(20-14-17)21-25(23,24)18-9-7-15(3)16(4)13-18/h7-10,13-14H,5-6,11-12H2,1-4H3,(H,20,21). The van der Waals surface area contributed by atoms with E-state index >= 15 is 0 Å². The van der Waals surface area contributed by atoms with Crippen LogP contribution in [0.5, 0.6) is 0 Å². The maximum Gasteiger partial charge on any atom is 0.263 e. The Morgan fingerprint density at radius 1 is 1.00 bits per heavy atom. The Kier molecular flexibility index (Phi) is 6.42. The fraction of sp³-hybridized carbons (Fsp3) is 0.421. The van der Waals surface area contributed by atoms with Crippen LogP contribution in [0.15, 0.2) is 41.4 Å². The zero-order chi connectivity index (χ0) is 18.4. The Hall–Kier alpha value is -2.08. The van der Waals surface area contributed by atoms with E-state index in [2.05, 4.69) is 28.5 Å². The number of sulfonamides is 1. The molecule has 0 unspecified atom stereocenters. The molecular weight excluding hydrogens is 334 g/mol. The molecule has 0 aliphatic carbocycles. The van der Waals surface area contributed by atoms with Gasteiger partial charge in [0.2, 0.25) is 0 Å². The Balaban J connectivity index is 2.18. The first-order valence-corrected chi connectivity index (χ1v) is 10.2. The van der Waals surface area contributed by atoms with Crippen LogP contribution < -0.4 is 9.62 Å². The first-order valence-electron chi connectivity index (χ1n) is 8.68. The van der Waals surface area contributed by atoms with E-state index in [1.807, 2.05) is 26.0 Å². The van der Waals surface area contributed by atoms with Crippen LogP contribution in [0.25, 0.3) is 0 Å². The van der Waals surface area contributed by atoms with E-state index in [9.17, 15) is 8.42 Å². The summed E-state index contributed by atoms with van der Waals surface area (Å²) in [5.74, 6) is 0.329. The van der Waals surface area contributed by atoms with Crippen LogP contribution in [-0.2, 0) is 10.0 Å². The summed E-state index contributed by atoms with van der Waals surface area (Å²) in [5, 5.41) is 0. The van der Waals surface area contributed by atoms with E-state index in [0.717, 1.165) is 42.7 Å². The fourth-order valence-corrected chi connectivity index (χ4v) is 3.71. The van der Waals surface area contributed by atoms with Crippen LogP contribution in [0.3, 0.4) is 0 Å². The quantitative estimate of drug-likeness (QED) is 0.768. The smallest absolute Gasteiger partial charge is 0.263 e. The molecule has 0 saturated carbocycles. The van der Waals surface area contributed by atoms with Crippen molar-refractivity contribution in [2.75, 3.05) is 22.7 Å². The Labute approximate surface area is 151 Å². The lowest BCUT2D eigenvalue weighted by molar-refractivity contribution is 0.601. The molecule has 0 saturated heterocycles. The molecule has 6 heteroatoms. The Bertz CT molecular complexity index is 796. The summed E-state index contributed by atoms with van der Waals surface area (Å²) in [4.78, 5) is 6.79. The maximum absolute atomic E-state index is 12.5. The largest absolute Gasteiger partial charge is 0.370 e. The Morgan fingerprint density at radius 3 is 2.20 bits per heavy atom. The number of benzene rings is 1. The zero-order valence-corrected chi connectivity index (χ0v) is 16.2. The van der Waals surface area contributed by atoms with Crippen molar-refractivity contribution < 1.29 is 8.42 Å². The Morgan fingerprint density at radius 2 is 1.68 bits per heavy atom. The van der Waals surface area contributed by atoms with Crippen molar-refractivity contribution in [3.8, 4) is 0 Å². The molecule has 2 rings (SSSR count). The van der Waals surface area contributed by atoms with Gasteiger partial charge in [-0.2, -0.15) is 0 Å². The molecule has 5 nitrogen and oxygen atoms in total. The van der Waals surface area contributed by atoms with Gasteiger partial charge < -0.3 is 4.90 Å². The molecule has 25 heavy (non-hydrogen) atoms. The van der Waals surface area contributed by atoms with Crippen LogP contribution in [0.2, 0.25) is 0 Å². The number of hydrogen-bond acceptors (Lipinski definition) is 4. The van der Waals surface area contributed by atoms with Gasteiger partial charge in [0, 0.05) is 13.1 Å². The number of aromatic nitrogens is 1. The molecule has 0 aliphatic rings. The van der Waals surface area contributed by atoms with Crippen molar-refractivity contribution in [3.63, 3.8) is 0 Å². The molecule has 0 atom stereocenters. The van der Waals surface area contributed by atoms with Crippen LogP contribution in [0, 0.1) is 13.8 Å². The molecule has 0 aliphatic heterocycles. The van der Waals surface area contributed by atoms with Crippen LogP contribution in [0.1, 0.15) is 37.8 Å². The second-order valence-corrected chi connectivity index (χ2v) is 7.92. The average Bonchev–Trinajstić information content (AvgIpc) is 2.57. The van der Waals surface area contributed by atoms with Gasteiger partial charge in [0.15, 0.2) is 0 Å². The minimum atomic E-state index is -3.63. The van der Waals surface area contributed by atoms with Crippen molar-refractivity contribution in [1.82, 2.24) is 4.98 Å². The second-order valence-electron chi connectivity index (χ2n) is 6.24. The first kappa shape index (κ1) is 19.2. The van der Waals surface area contributed by atoms with Gasteiger partial charge in [0.05, 0.1) is 16.8 Å². The molecule has 0 bridgehead atoms. The van der Waals surface area contributed by atoms with Crippen LogP contribution in [-0.4, -0.2) is 26.5 Å². The molecular formula is C19H27N3O2S. The maximum atomic E-state index is 12.5. The molecule has 1 aromatic carbocycles. The molecule has 0 amide bonds. The van der Waals surface area contributed by atoms with Gasteiger partial charge in [-0.1, -0.05) is 19.9 Å². The van der Waals surface area contributed by atoms with Crippen molar-refractivity contribution in [2.45, 2.75) is 45.4 Å². The number of rotatable bonds is 8. The summed E-state index contributed by atoms with van der Waals surface area (Å²) in [7, 11) is -3.63. The lowest BCUT2D eigenvalue weighted by Crippen LogP contribution is -2.25. The number of nitrogens with one attached hydrogen (secondary N) is 1. The van der Waals surface area contributed by atoms with E-state index in [1.54, 1.807) is 24.4 Å². The van der Waals surface area contributed by atoms with E-state index in [4.69, 9.17) is 0 Å². The third kappa shape index (κ3) is 4.95. The summed E-state index contributed by atoms with van der Waals surface area (Å²) in [6, 6.07) is 8.73. The number of anilines is 2. The zero-order valence-electron chi connectivity index (χ0n) is 15.4. The lowest BCUT2D eigenvalue weighted by atomic mass is 10.1. The number of pyridine rings is 1. The molecule has 1 aromatic heterocycles. The van der Waals surface area contributed by atoms with Crippen molar-refractivity contribution in [2.24, 2.45) is 0 Å². The van der Waals surface area contributed by atoms with Crippen molar-refractivity contribution in [1.29, 1.82) is 0 Å². The molecule has 0 radical (unpaired) electrons. The third-order valence-corrected chi connectivity index (χ3v) is 5.48. The lowest BCUT2D eigenvalue weighted by Gasteiger charge is -2.23. The highest BCUT2D eigenvalue weighted by molar-refractivity contribution is 7.92. The topological polar surface area (TPSA) is 62.3 Å². The predicted octanol–water partition coefficient (Wildman–Crippen LogP) is 4.13. The van der Waals surface area contributed by atoms with E-state index in [0.29, 0.717) is 5.82 Å². The van der Waals surface area contributed by atoms with Crippen molar-refractivity contribution in [3.05, 3.63) is 47.7 Å². The molecule has 2 aromatic rings. The van der Waals surface area contributed by atoms with Gasteiger partial charge in [-0.15, -0.1) is 0 Å². The highest BCUT2D eigenvalue weighted by Gasteiger charge is 2.16. The monoisotopic (exact) mass is 361 g/mol. The summed E-state index contributed by atoms with van der Waals surface area (Å²) < 4.78 is 27.6. The SMILES string of the molecule is CCCN(CCC)c1ccc(NS(=O)(=O)c2ccc(C)c(C)c2)nc1. The third-order valence-electron chi connectivity index (χ3n) is 4.13. The molecule has 0 fully saturated rings. The average molecular weight is 362 g/mol. The van der Waals surface area contributed by atoms with Crippen LogP contribution in [0.4, 0.5) is 11.5 Å². The molecule has 1 N–H and O–H groups in total. The van der Waals surface area contributed by atoms with Gasteiger partial charge in [-0.05, 0) is 62.1 Å². The summed E-state index contributed by atoms with van der Waals surface area (Å²) in [6.07, 6.45) is 3.84. The van der Waals surface area contributed by atoms with Gasteiger partial charge in [0.25, 0.3) is 10.0 Å². The highest BCUT2D eigenvalue weighted by atomic mass is 32.2. The second kappa shape index (κ2) is 8.34. The number of aryl methyl sites for hydroxylation is 2. The van der Waals surface area contributed by atoms with Gasteiger partial charge >= 0.3 is 0 Å². The van der Waals surface area contributed by atoms with Crippen molar-refractivity contribution >= 4 is 21.5 Å². The van der Waals surface area contributed by atoms with E-state index in [-0.39, 0.29) is 4.90 Å². The summed E-state index contributed by atoms with van der Waals surface area (Å²) in [5.41, 5.74) is 3.02. The highest BCUT2D eigenvalue weighted by Crippen LogP contribution is 2.20. The minimum absolute atomic E-state index is 0.250. The molecule has 1 heterocycles.